The van der Waals surface area contributed by atoms with Crippen LogP contribution in [0, 0.1) is 0 Å². The zero-order valence-corrected chi connectivity index (χ0v) is 14.5. The number of nitrogens with two attached hydrogens (primary N) is 1. The SMILES string of the molecule is CN(C)CC1CCCN1C(CN)c1cc(Br)ccc1Cl. The highest BCUT2D eigenvalue weighted by molar-refractivity contribution is 9.10. The topological polar surface area (TPSA) is 32.5 Å². The predicted molar refractivity (Wildman–Crippen MR) is 89.2 cm³/mol. The summed E-state index contributed by atoms with van der Waals surface area (Å²) in [5.74, 6) is 0. The number of benzene rings is 1. The van der Waals surface area contributed by atoms with Crippen molar-refractivity contribution < 1.29 is 0 Å². The lowest BCUT2D eigenvalue weighted by atomic mass is 10.0. The van der Waals surface area contributed by atoms with Gasteiger partial charge in [0.15, 0.2) is 0 Å². The Labute approximate surface area is 135 Å². The van der Waals surface area contributed by atoms with Crippen molar-refractivity contribution in [3.05, 3.63) is 33.3 Å². The van der Waals surface area contributed by atoms with Gasteiger partial charge in [-0.3, -0.25) is 4.90 Å². The Hall–Kier alpha value is -0.130. The molecule has 1 heterocycles. The van der Waals surface area contributed by atoms with Gasteiger partial charge in [0.25, 0.3) is 0 Å². The third kappa shape index (κ3) is 3.74. The molecule has 0 aromatic heterocycles. The number of rotatable bonds is 5. The van der Waals surface area contributed by atoms with Crippen LogP contribution in [-0.2, 0) is 0 Å². The van der Waals surface area contributed by atoms with Gasteiger partial charge in [-0.1, -0.05) is 27.5 Å². The molecular formula is C15H23BrClN3. The lowest BCUT2D eigenvalue weighted by Gasteiger charge is -2.34. The van der Waals surface area contributed by atoms with Crippen LogP contribution in [0.4, 0.5) is 0 Å². The third-order valence-electron chi connectivity index (χ3n) is 3.94. The zero-order valence-electron chi connectivity index (χ0n) is 12.1. The molecule has 0 radical (unpaired) electrons. The van der Waals surface area contributed by atoms with Crippen LogP contribution in [0.15, 0.2) is 22.7 Å². The van der Waals surface area contributed by atoms with E-state index in [0.29, 0.717) is 12.6 Å². The van der Waals surface area contributed by atoms with Crippen molar-refractivity contribution >= 4 is 27.5 Å². The van der Waals surface area contributed by atoms with Crippen molar-refractivity contribution in [2.75, 3.05) is 33.7 Å². The summed E-state index contributed by atoms with van der Waals surface area (Å²) < 4.78 is 1.05. The molecule has 2 rings (SSSR count). The van der Waals surface area contributed by atoms with E-state index in [4.69, 9.17) is 17.3 Å². The third-order valence-corrected chi connectivity index (χ3v) is 4.78. The Balaban J connectivity index is 2.24. The van der Waals surface area contributed by atoms with Gasteiger partial charge in [0.2, 0.25) is 0 Å². The van der Waals surface area contributed by atoms with E-state index >= 15 is 0 Å². The predicted octanol–water partition coefficient (Wildman–Crippen LogP) is 3.13. The van der Waals surface area contributed by atoms with Gasteiger partial charge in [-0.2, -0.15) is 0 Å². The van der Waals surface area contributed by atoms with Gasteiger partial charge in [0.05, 0.1) is 0 Å². The van der Waals surface area contributed by atoms with Crippen LogP contribution in [0.5, 0.6) is 0 Å². The summed E-state index contributed by atoms with van der Waals surface area (Å²) in [5, 5.41) is 0.805. The maximum absolute atomic E-state index is 6.39. The molecule has 5 heteroatoms. The van der Waals surface area contributed by atoms with Crippen LogP contribution in [0.3, 0.4) is 0 Å². The highest BCUT2D eigenvalue weighted by Gasteiger charge is 2.32. The highest BCUT2D eigenvalue weighted by Crippen LogP contribution is 2.34. The molecule has 1 aliphatic rings. The van der Waals surface area contributed by atoms with Crippen LogP contribution >= 0.6 is 27.5 Å². The van der Waals surface area contributed by atoms with E-state index in [1.54, 1.807) is 0 Å². The Morgan fingerprint density at radius 1 is 1.50 bits per heavy atom. The molecule has 0 saturated carbocycles. The van der Waals surface area contributed by atoms with E-state index in [9.17, 15) is 0 Å². The van der Waals surface area contributed by atoms with E-state index in [1.807, 2.05) is 12.1 Å². The lowest BCUT2D eigenvalue weighted by molar-refractivity contribution is 0.156. The molecule has 0 amide bonds. The van der Waals surface area contributed by atoms with Crippen LogP contribution in [0.1, 0.15) is 24.4 Å². The standard InChI is InChI=1S/C15H23BrClN3/c1-19(2)10-12-4-3-7-20(12)15(9-18)13-8-11(16)5-6-14(13)17/h5-6,8,12,15H,3-4,7,9-10,18H2,1-2H3. The van der Waals surface area contributed by atoms with Crippen molar-refractivity contribution in [2.24, 2.45) is 5.73 Å². The van der Waals surface area contributed by atoms with Crippen LogP contribution in [0.2, 0.25) is 5.02 Å². The van der Waals surface area contributed by atoms with Crippen molar-refractivity contribution in [1.29, 1.82) is 0 Å². The Morgan fingerprint density at radius 2 is 2.25 bits per heavy atom. The van der Waals surface area contributed by atoms with E-state index in [0.717, 1.165) is 28.1 Å². The second kappa shape index (κ2) is 7.23. The summed E-state index contributed by atoms with van der Waals surface area (Å²) >= 11 is 9.92. The van der Waals surface area contributed by atoms with Gasteiger partial charge in [0.1, 0.15) is 0 Å². The minimum atomic E-state index is 0.201. The van der Waals surface area contributed by atoms with Gasteiger partial charge in [0, 0.05) is 34.7 Å². The number of likely N-dealkylation sites (tertiary alicyclic amines) is 1. The van der Waals surface area contributed by atoms with E-state index in [2.05, 4.69) is 45.9 Å². The quantitative estimate of drug-likeness (QED) is 0.875. The maximum atomic E-state index is 6.39. The molecule has 112 valence electrons. The fourth-order valence-electron chi connectivity index (χ4n) is 3.10. The molecule has 0 aliphatic carbocycles. The van der Waals surface area contributed by atoms with Crippen LogP contribution in [-0.4, -0.2) is 49.6 Å². The molecule has 1 aromatic rings. The summed E-state index contributed by atoms with van der Waals surface area (Å²) in [6, 6.07) is 6.78. The number of nitrogens with zero attached hydrogens (tertiary/aromatic N) is 2. The first-order valence-electron chi connectivity index (χ1n) is 7.08. The molecule has 2 N–H and O–H groups in total. The van der Waals surface area contributed by atoms with Gasteiger partial charge < -0.3 is 10.6 Å². The Morgan fingerprint density at radius 3 is 2.90 bits per heavy atom. The van der Waals surface area contributed by atoms with Gasteiger partial charge in [-0.15, -0.1) is 0 Å². The summed E-state index contributed by atoms with van der Waals surface area (Å²) in [7, 11) is 4.25. The normalized spacial score (nSPS) is 21.6. The summed E-state index contributed by atoms with van der Waals surface area (Å²) in [4.78, 5) is 4.77. The fourth-order valence-corrected chi connectivity index (χ4v) is 3.72. The Bertz CT molecular complexity index is 453. The monoisotopic (exact) mass is 359 g/mol. The number of hydrogen-bond acceptors (Lipinski definition) is 3. The molecule has 2 unspecified atom stereocenters. The van der Waals surface area contributed by atoms with E-state index < -0.39 is 0 Å². The minimum absolute atomic E-state index is 0.201. The van der Waals surface area contributed by atoms with Gasteiger partial charge in [-0.25, -0.2) is 0 Å². The van der Waals surface area contributed by atoms with Gasteiger partial charge in [-0.05, 0) is 57.2 Å². The first-order chi connectivity index (χ1) is 9.52. The number of likely N-dealkylation sites (N-methyl/N-ethyl adjacent to an activating group) is 1. The second-order valence-corrected chi connectivity index (χ2v) is 7.04. The van der Waals surface area contributed by atoms with Crippen molar-refractivity contribution in [3.63, 3.8) is 0 Å². The summed E-state index contributed by atoms with van der Waals surface area (Å²) in [5.41, 5.74) is 7.20. The fraction of sp³-hybridized carbons (Fsp3) is 0.600. The number of hydrogen-bond donors (Lipinski definition) is 1. The molecule has 2 atom stereocenters. The smallest absolute Gasteiger partial charge is 0.0489 e. The van der Waals surface area contributed by atoms with Crippen molar-refractivity contribution in [3.8, 4) is 0 Å². The molecule has 20 heavy (non-hydrogen) atoms. The first-order valence-corrected chi connectivity index (χ1v) is 8.25. The van der Waals surface area contributed by atoms with Crippen LogP contribution in [0.25, 0.3) is 0 Å². The molecular weight excluding hydrogens is 338 g/mol. The lowest BCUT2D eigenvalue weighted by Crippen LogP contribution is -2.42. The molecule has 1 fully saturated rings. The van der Waals surface area contributed by atoms with Crippen molar-refractivity contribution in [1.82, 2.24) is 9.80 Å². The minimum Gasteiger partial charge on any atom is -0.329 e. The molecule has 0 bridgehead atoms. The summed E-state index contributed by atoms with van der Waals surface area (Å²) in [6.45, 7) is 2.77. The van der Waals surface area contributed by atoms with Gasteiger partial charge >= 0.3 is 0 Å². The first kappa shape index (κ1) is 16.2. The molecule has 1 aromatic carbocycles. The average Bonchev–Trinajstić information content (AvgIpc) is 2.82. The zero-order chi connectivity index (χ0) is 14.7. The van der Waals surface area contributed by atoms with E-state index in [-0.39, 0.29) is 6.04 Å². The van der Waals surface area contributed by atoms with Crippen molar-refractivity contribution in [2.45, 2.75) is 24.9 Å². The maximum Gasteiger partial charge on any atom is 0.0489 e. The molecule has 1 saturated heterocycles. The second-order valence-electron chi connectivity index (χ2n) is 5.71. The average molecular weight is 361 g/mol. The molecule has 0 spiro atoms. The number of halogens is 2. The highest BCUT2D eigenvalue weighted by atomic mass is 79.9. The molecule has 1 aliphatic heterocycles. The molecule has 3 nitrogen and oxygen atoms in total. The Kier molecular flexibility index (Phi) is 5.87. The largest absolute Gasteiger partial charge is 0.329 e. The summed E-state index contributed by atoms with van der Waals surface area (Å²) in [6.07, 6.45) is 2.47. The van der Waals surface area contributed by atoms with E-state index in [1.165, 1.54) is 12.8 Å². The van der Waals surface area contributed by atoms with Crippen LogP contribution < -0.4 is 5.73 Å².